The molecule has 0 amide bonds. The molecule has 0 bridgehead atoms. The summed E-state index contributed by atoms with van der Waals surface area (Å²) in [4.78, 5) is 15.1. The van der Waals surface area contributed by atoms with Gasteiger partial charge in [0, 0.05) is 22.0 Å². The Kier molecular flexibility index (Phi) is 2.03. The molecule has 0 saturated carbocycles. The summed E-state index contributed by atoms with van der Waals surface area (Å²) in [6, 6.07) is 15.7. The molecule has 0 saturated heterocycles. The summed E-state index contributed by atoms with van der Waals surface area (Å²) < 4.78 is 5.66. The number of H-pyrrole nitrogens is 1. The minimum absolute atomic E-state index is 0.0665. The maximum Gasteiger partial charge on any atom is 0.255 e. The van der Waals surface area contributed by atoms with Crippen molar-refractivity contribution in [1.29, 1.82) is 0 Å². The zero-order valence-corrected chi connectivity index (χ0v) is 10.1. The molecule has 2 heterocycles. The van der Waals surface area contributed by atoms with E-state index < -0.39 is 0 Å². The second kappa shape index (κ2) is 3.72. The van der Waals surface area contributed by atoms with Gasteiger partial charge in [-0.1, -0.05) is 36.4 Å². The Bertz CT molecular complexity index is 849. The van der Waals surface area contributed by atoms with Crippen LogP contribution in [-0.4, -0.2) is 4.98 Å². The van der Waals surface area contributed by atoms with Crippen molar-refractivity contribution in [3.63, 3.8) is 0 Å². The van der Waals surface area contributed by atoms with Crippen LogP contribution >= 0.6 is 0 Å². The predicted octanol–water partition coefficient (Wildman–Crippen LogP) is 3.09. The SMILES string of the molecule is O=c1[nH]c2ccccc2c2c1COc1ccccc1-2. The van der Waals surface area contributed by atoms with Crippen molar-refractivity contribution >= 4 is 10.9 Å². The first-order valence-corrected chi connectivity index (χ1v) is 6.21. The number of fused-ring (bicyclic) bond motifs is 5. The van der Waals surface area contributed by atoms with E-state index in [-0.39, 0.29) is 5.56 Å². The van der Waals surface area contributed by atoms with E-state index in [0.29, 0.717) is 12.2 Å². The molecule has 2 aromatic carbocycles. The van der Waals surface area contributed by atoms with E-state index >= 15 is 0 Å². The second-order valence-electron chi connectivity index (χ2n) is 4.64. The Balaban J connectivity index is 2.22. The van der Waals surface area contributed by atoms with Gasteiger partial charge in [-0.05, 0) is 12.1 Å². The van der Waals surface area contributed by atoms with E-state index in [1.165, 1.54) is 0 Å². The van der Waals surface area contributed by atoms with Crippen LogP contribution in [-0.2, 0) is 6.61 Å². The zero-order chi connectivity index (χ0) is 12.8. The van der Waals surface area contributed by atoms with Gasteiger partial charge < -0.3 is 9.72 Å². The summed E-state index contributed by atoms with van der Waals surface area (Å²) in [5, 5.41) is 1.06. The van der Waals surface area contributed by atoms with E-state index in [0.717, 1.165) is 27.8 Å². The highest BCUT2D eigenvalue weighted by atomic mass is 16.5. The van der Waals surface area contributed by atoms with Gasteiger partial charge in [-0.25, -0.2) is 0 Å². The molecule has 1 aromatic heterocycles. The molecule has 3 heteroatoms. The van der Waals surface area contributed by atoms with Crippen LogP contribution in [0.25, 0.3) is 22.0 Å². The van der Waals surface area contributed by atoms with E-state index in [1.54, 1.807) is 0 Å². The van der Waals surface area contributed by atoms with Crippen LogP contribution in [0.4, 0.5) is 0 Å². The van der Waals surface area contributed by atoms with Crippen molar-refractivity contribution in [2.45, 2.75) is 6.61 Å². The van der Waals surface area contributed by atoms with Crippen LogP contribution in [0.1, 0.15) is 5.56 Å². The molecule has 1 N–H and O–H groups in total. The molecule has 92 valence electrons. The maximum atomic E-state index is 12.2. The predicted molar refractivity (Wildman–Crippen MR) is 74.3 cm³/mol. The van der Waals surface area contributed by atoms with Crippen LogP contribution in [0.2, 0.25) is 0 Å². The van der Waals surface area contributed by atoms with Gasteiger partial charge in [0.15, 0.2) is 0 Å². The molecule has 3 aromatic rings. The fraction of sp³-hybridized carbons (Fsp3) is 0.0625. The largest absolute Gasteiger partial charge is 0.488 e. The molecule has 1 aliphatic rings. The number of aromatic amines is 1. The summed E-state index contributed by atoms with van der Waals surface area (Å²) in [6.45, 7) is 0.326. The average Bonchev–Trinajstić information content (AvgIpc) is 2.47. The Labute approximate surface area is 109 Å². The van der Waals surface area contributed by atoms with Gasteiger partial charge in [0.1, 0.15) is 12.4 Å². The van der Waals surface area contributed by atoms with Gasteiger partial charge in [0.25, 0.3) is 5.56 Å². The third-order valence-corrected chi connectivity index (χ3v) is 3.55. The van der Waals surface area contributed by atoms with Gasteiger partial charge >= 0.3 is 0 Å². The molecule has 0 fully saturated rings. The number of hydrogen-bond acceptors (Lipinski definition) is 2. The van der Waals surface area contributed by atoms with Crippen LogP contribution in [0.3, 0.4) is 0 Å². The third-order valence-electron chi connectivity index (χ3n) is 3.55. The minimum Gasteiger partial charge on any atom is -0.488 e. The number of ether oxygens (including phenoxy) is 1. The monoisotopic (exact) mass is 249 g/mol. The zero-order valence-electron chi connectivity index (χ0n) is 10.1. The van der Waals surface area contributed by atoms with Crippen molar-refractivity contribution < 1.29 is 4.74 Å². The van der Waals surface area contributed by atoms with Gasteiger partial charge in [-0.15, -0.1) is 0 Å². The normalized spacial score (nSPS) is 12.6. The highest BCUT2D eigenvalue weighted by molar-refractivity contribution is 5.98. The first-order valence-electron chi connectivity index (χ1n) is 6.21. The lowest BCUT2D eigenvalue weighted by Crippen LogP contribution is -2.19. The third kappa shape index (κ3) is 1.41. The highest BCUT2D eigenvalue weighted by Gasteiger charge is 2.21. The molecule has 19 heavy (non-hydrogen) atoms. The number of para-hydroxylation sites is 2. The van der Waals surface area contributed by atoms with Gasteiger partial charge in [0.05, 0.1) is 5.56 Å². The second-order valence-corrected chi connectivity index (χ2v) is 4.64. The summed E-state index contributed by atoms with van der Waals surface area (Å²) in [5.41, 5.74) is 3.50. The smallest absolute Gasteiger partial charge is 0.255 e. The molecule has 1 aliphatic heterocycles. The first kappa shape index (κ1) is 10.4. The number of pyridine rings is 1. The summed E-state index contributed by atoms with van der Waals surface area (Å²) in [6.07, 6.45) is 0. The van der Waals surface area contributed by atoms with Crippen molar-refractivity contribution in [3.8, 4) is 16.9 Å². The summed E-state index contributed by atoms with van der Waals surface area (Å²) in [5.74, 6) is 0.839. The van der Waals surface area contributed by atoms with Crippen LogP contribution in [0, 0.1) is 0 Å². The number of aromatic nitrogens is 1. The van der Waals surface area contributed by atoms with Crippen LogP contribution in [0.5, 0.6) is 5.75 Å². The molecule has 0 unspecified atom stereocenters. The molecule has 4 rings (SSSR count). The lowest BCUT2D eigenvalue weighted by Gasteiger charge is -2.21. The van der Waals surface area contributed by atoms with Crippen LogP contribution < -0.4 is 10.3 Å². The van der Waals surface area contributed by atoms with Crippen LogP contribution in [0.15, 0.2) is 53.3 Å². The van der Waals surface area contributed by atoms with Gasteiger partial charge in [0.2, 0.25) is 0 Å². The Morgan fingerprint density at radius 3 is 2.74 bits per heavy atom. The van der Waals surface area contributed by atoms with Gasteiger partial charge in [-0.2, -0.15) is 0 Å². The Morgan fingerprint density at radius 1 is 1.00 bits per heavy atom. The quantitative estimate of drug-likeness (QED) is 0.665. The molecular weight excluding hydrogens is 238 g/mol. The molecule has 0 aliphatic carbocycles. The Hall–Kier alpha value is -2.55. The first-order chi connectivity index (χ1) is 9.34. The molecule has 0 atom stereocenters. The molecular formula is C16H11NO2. The lowest BCUT2D eigenvalue weighted by atomic mass is 9.94. The van der Waals surface area contributed by atoms with E-state index in [4.69, 9.17) is 4.74 Å². The maximum absolute atomic E-state index is 12.2. The summed E-state index contributed by atoms with van der Waals surface area (Å²) in [7, 11) is 0. The molecule has 0 spiro atoms. The number of rotatable bonds is 0. The number of benzene rings is 2. The molecule has 3 nitrogen and oxygen atoms in total. The average molecular weight is 249 g/mol. The van der Waals surface area contributed by atoms with Crippen molar-refractivity contribution in [1.82, 2.24) is 4.98 Å². The van der Waals surface area contributed by atoms with Crippen molar-refractivity contribution in [3.05, 3.63) is 64.4 Å². The number of hydrogen-bond donors (Lipinski definition) is 1. The van der Waals surface area contributed by atoms with E-state index in [9.17, 15) is 4.79 Å². The fourth-order valence-corrected chi connectivity index (χ4v) is 2.68. The van der Waals surface area contributed by atoms with E-state index in [2.05, 4.69) is 4.98 Å². The van der Waals surface area contributed by atoms with E-state index in [1.807, 2.05) is 48.5 Å². The topological polar surface area (TPSA) is 42.1 Å². The van der Waals surface area contributed by atoms with Crippen molar-refractivity contribution in [2.24, 2.45) is 0 Å². The standard InChI is InChI=1S/C16H11NO2/c18-16-12-9-19-14-8-4-2-6-11(14)15(12)10-5-1-3-7-13(10)17-16/h1-8H,9H2,(H,17,18). The summed E-state index contributed by atoms with van der Waals surface area (Å²) >= 11 is 0. The number of nitrogens with one attached hydrogen (secondary N) is 1. The highest BCUT2D eigenvalue weighted by Crippen LogP contribution is 2.39. The lowest BCUT2D eigenvalue weighted by molar-refractivity contribution is 0.301. The fourth-order valence-electron chi connectivity index (χ4n) is 2.68. The Morgan fingerprint density at radius 2 is 1.79 bits per heavy atom. The van der Waals surface area contributed by atoms with Gasteiger partial charge in [-0.3, -0.25) is 4.79 Å². The minimum atomic E-state index is -0.0665. The molecule has 0 radical (unpaired) electrons. The van der Waals surface area contributed by atoms with Crippen molar-refractivity contribution in [2.75, 3.05) is 0 Å².